The first-order valence-corrected chi connectivity index (χ1v) is 12.1. The van der Waals surface area contributed by atoms with Crippen LogP contribution in [0.15, 0.2) is 158 Å². The molecule has 168 valence electrons. The maximum absolute atomic E-state index is 2.22. The number of hydrogen-bond acceptors (Lipinski definition) is 0. The normalized spacial score (nSPS) is 10.7. The molecule has 0 saturated heterocycles. The fraction of sp³-hybridized carbons (Fsp3) is 0.0286. The number of benzene rings is 6. The summed E-state index contributed by atoms with van der Waals surface area (Å²) in [7, 11) is 0. The molecule has 7 rings (SSSR count). The van der Waals surface area contributed by atoms with Crippen molar-refractivity contribution in [3.8, 4) is 22.3 Å². The van der Waals surface area contributed by atoms with E-state index in [0.717, 1.165) is 6.42 Å². The maximum atomic E-state index is 2.22. The third kappa shape index (κ3) is 5.57. The molecule has 0 heterocycles. The summed E-state index contributed by atoms with van der Waals surface area (Å²) in [5.41, 5.74) is 8.31. The standard InChI is InChI=1S/C13H10.C12H10.C10H8/c1-3-7-12-10(5-1)9-11-6-2-4-8-13(11)12;1-3-7-11(8-4-1)12-9-5-2-6-10-12;1-2-6-10-8-4-3-7-9(10)5-1/h1-8H,9H2;1-10H;1-8H. The average molecular weight is 449 g/mol. The summed E-state index contributed by atoms with van der Waals surface area (Å²) in [5.74, 6) is 0. The van der Waals surface area contributed by atoms with Gasteiger partial charge in [-0.05, 0) is 50.6 Å². The Morgan fingerprint density at radius 1 is 0.286 bits per heavy atom. The van der Waals surface area contributed by atoms with Gasteiger partial charge in [0.05, 0.1) is 0 Å². The van der Waals surface area contributed by atoms with Gasteiger partial charge in [0.1, 0.15) is 0 Å². The first kappa shape index (κ1) is 22.4. The van der Waals surface area contributed by atoms with Crippen LogP contribution in [-0.4, -0.2) is 0 Å². The summed E-state index contributed by atoms with van der Waals surface area (Å²) >= 11 is 0. The molecule has 0 unspecified atom stereocenters. The molecule has 0 radical (unpaired) electrons. The number of rotatable bonds is 1. The van der Waals surface area contributed by atoms with E-state index >= 15 is 0 Å². The minimum absolute atomic E-state index is 1.10. The highest BCUT2D eigenvalue weighted by Gasteiger charge is 2.15. The molecule has 0 heteroatoms. The summed E-state index contributed by atoms with van der Waals surface area (Å²) in [4.78, 5) is 0. The van der Waals surface area contributed by atoms with E-state index in [-0.39, 0.29) is 0 Å². The lowest BCUT2D eigenvalue weighted by molar-refractivity contribution is 1.26. The Balaban J connectivity index is 0.000000110. The van der Waals surface area contributed by atoms with Gasteiger partial charge in [0.2, 0.25) is 0 Å². The third-order valence-electron chi connectivity index (χ3n) is 6.25. The fourth-order valence-electron chi connectivity index (χ4n) is 4.47. The Morgan fingerprint density at radius 3 is 1.00 bits per heavy atom. The van der Waals surface area contributed by atoms with Gasteiger partial charge in [-0.1, -0.05) is 158 Å². The predicted octanol–water partition coefficient (Wildman–Crippen LogP) is 9.45. The van der Waals surface area contributed by atoms with Crippen molar-refractivity contribution in [1.29, 1.82) is 0 Å². The molecule has 0 atom stereocenters. The van der Waals surface area contributed by atoms with Crippen molar-refractivity contribution in [2.24, 2.45) is 0 Å². The van der Waals surface area contributed by atoms with Gasteiger partial charge in [0, 0.05) is 0 Å². The van der Waals surface area contributed by atoms with Crippen molar-refractivity contribution in [3.05, 3.63) is 169 Å². The van der Waals surface area contributed by atoms with Gasteiger partial charge in [-0.15, -0.1) is 0 Å². The van der Waals surface area contributed by atoms with E-state index in [1.54, 1.807) is 0 Å². The molecule has 0 aliphatic heterocycles. The van der Waals surface area contributed by atoms with Crippen LogP contribution in [0.25, 0.3) is 33.0 Å². The van der Waals surface area contributed by atoms with Crippen LogP contribution in [0.1, 0.15) is 11.1 Å². The lowest BCUT2D eigenvalue weighted by Gasteiger charge is -1.98. The fourth-order valence-corrected chi connectivity index (χ4v) is 4.47. The van der Waals surface area contributed by atoms with Crippen molar-refractivity contribution in [3.63, 3.8) is 0 Å². The van der Waals surface area contributed by atoms with Crippen LogP contribution in [0.5, 0.6) is 0 Å². The third-order valence-corrected chi connectivity index (χ3v) is 6.25. The highest BCUT2D eigenvalue weighted by molar-refractivity contribution is 5.82. The second-order valence-electron chi connectivity index (χ2n) is 8.57. The minimum Gasteiger partial charge on any atom is -0.0622 e. The Labute approximate surface area is 208 Å². The summed E-state index contributed by atoms with van der Waals surface area (Å²) in [6.07, 6.45) is 1.10. The first-order chi connectivity index (χ1) is 17.4. The lowest BCUT2D eigenvalue weighted by Crippen LogP contribution is -1.77. The van der Waals surface area contributed by atoms with E-state index in [9.17, 15) is 0 Å². The summed E-state index contributed by atoms with van der Waals surface area (Å²) < 4.78 is 0. The maximum Gasteiger partial charge on any atom is -0.00135 e. The quantitative estimate of drug-likeness (QED) is 0.235. The molecule has 6 aromatic rings. The van der Waals surface area contributed by atoms with Gasteiger partial charge >= 0.3 is 0 Å². The average Bonchev–Trinajstić information content (AvgIpc) is 3.34. The van der Waals surface area contributed by atoms with E-state index in [1.807, 2.05) is 12.1 Å². The highest BCUT2D eigenvalue weighted by Crippen LogP contribution is 2.35. The molecule has 0 nitrogen and oxygen atoms in total. The van der Waals surface area contributed by atoms with E-state index in [0.29, 0.717) is 0 Å². The Morgan fingerprint density at radius 2 is 0.600 bits per heavy atom. The largest absolute Gasteiger partial charge is 0.0622 e. The Hall–Kier alpha value is -4.42. The van der Waals surface area contributed by atoms with Crippen molar-refractivity contribution in [2.75, 3.05) is 0 Å². The first-order valence-electron chi connectivity index (χ1n) is 12.1. The van der Waals surface area contributed by atoms with Gasteiger partial charge in [-0.2, -0.15) is 0 Å². The molecule has 6 aromatic carbocycles. The van der Waals surface area contributed by atoms with Gasteiger partial charge in [0.15, 0.2) is 0 Å². The van der Waals surface area contributed by atoms with Crippen LogP contribution in [0, 0.1) is 0 Å². The Bertz CT molecular complexity index is 1350. The predicted molar refractivity (Wildman–Crippen MR) is 151 cm³/mol. The second kappa shape index (κ2) is 11.1. The molecule has 0 saturated carbocycles. The Kier molecular flexibility index (Phi) is 7.12. The molecule has 0 N–H and O–H groups in total. The van der Waals surface area contributed by atoms with E-state index < -0.39 is 0 Å². The molecule has 0 spiro atoms. The molecular formula is C35H28. The zero-order chi connectivity index (χ0) is 23.7. The van der Waals surface area contributed by atoms with Crippen LogP contribution >= 0.6 is 0 Å². The van der Waals surface area contributed by atoms with Crippen LogP contribution in [0.3, 0.4) is 0 Å². The van der Waals surface area contributed by atoms with Crippen LogP contribution in [0.2, 0.25) is 0 Å². The van der Waals surface area contributed by atoms with Crippen molar-refractivity contribution < 1.29 is 0 Å². The number of hydrogen-bond donors (Lipinski definition) is 0. The van der Waals surface area contributed by atoms with Gasteiger partial charge < -0.3 is 0 Å². The minimum atomic E-state index is 1.10. The van der Waals surface area contributed by atoms with Crippen molar-refractivity contribution in [1.82, 2.24) is 0 Å². The molecule has 0 amide bonds. The lowest BCUT2D eigenvalue weighted by atomic mass is 10.1. The molecule has 0 bridgehead atoms. The van der Waals surface area contributed by atoms with Gasteiger partial charge in [0.25, 0.3) is 0 Å². The van der Waals surface area contributed by atoms with E-state index in [1.165, 1.54) is 44.2 Å². The summed E-state index contributed by atoms with van der Waals surface area (Å²) in [6, 6.07) is 54.8. The van der Waals surface area contributed by atoms with E-state index in [4.69, 9.17) is 0 Å². The molecule has 0 aromatic heterocycles. The second-order valence-corrected chi connectivity index (χ2v) is 8.57. The van der Waals surface area contributed by atoms with Crippen LogP contribution in [-0.2, 0) is 6.42 Å². The number of fused-ring (bicyclic) bond motifs is 4. The summed E-state index contributed by atoms with van der Waals surface area (Å²) in [5, 5.41) is 2.62. The smallest absolute Gasteiger partial charge is 0.00135 e. The molecule has 35 heavy (non-hydrogen) atoms. The van der Waals surface area contributed by atoms with Crippen LogP contribution < -0.4 is 0 Å². The summed E-state index contributed by atoms with van der Waals surface area (Å²) in [6.45, 7) is 0. The van der Waals surface area contributed by atoms with Crippen LogP contribution in [0.4, 0.5) is 0 Å². The molecular weight excluding hydrogens is 420 g/mol. The van der Waals surface area contributed by atoms with Crippen molar-refractivity contribution >= 4 is 10.8 Å². The SMILES string of the molecule is c1ccc(-c2ccccc2)cc1.c1ccc2c(c1)Cc1ccccc1-2.c1ccc2ccccc2c1. The van der Waals surface area contributed by atoms with Crippen molar-refractivity contribution in [2.45, 2.75) is 6.42 Å². The highest BCUT2D eigenvalue weighted by atomic mass is 14.2. The molecule has 1 aliphatic rings. The topological polar surface area (TPSA) is 0 Å². The zero-order valence-corrected chi connectivity index (χ0v) is 19.7. The molecule has 1 aliphatic carbocycles. The molecule has 0 fully saturated rings. The van der Waals surface area contributed by atoms with Gasteiger partial charge in [-0.3, -0.25) is 0 Å². The van der Waals surface area contributed by atoms with Gasteiger partial charge in [-0.25, -0.2) is 0 Å². The monoisotopic (exact) mass is 448 g/mol. The van der Waals surface area contributed by atoms with E-state index in [2.05, 4.69) is 146 Å². The zero-order valence-electron chi connectivity index (χ0n) is 19.7.